The van der Waals surface area contributed by atoms with E-state index in [4.69, 9.17) is 4.74 Å². The molecule has 4 aliphatic rings. The number of ether oxygens (including phenoxy) is 1. The first-order valence-electron chi connectivity index (χ1n) is 8.76. The van der Waals surface area contributed by atoms with E-state index in [0.717, 1.165) is 17.9 Å². The molecule has 5 rings (SSSR count). The molecule has 1 N–H and O–H groups in total. The van der Waals surface area contributed by atoms with Crippen LogP contribution in [0.5, 0.6) is 11.5 Å². The third kappa shape index (κ3) is 2.72. The highest BCUT2D eigenvalue weighted by atomic mass is 127. The lowest BCUT2D eigenvalue weighted by atomic mass is 9.63. The van der Waals surface area contributed by atoms with Crippen LogP contribution in [0.15, 0.2) is 29.4 Å². The van der Waals surface area contributed by atoms with Crippen molar-refractivity contribution in [2.45, 2.75) is 19.8 Å². The molecule has 3 aliphatic carbocycles. The minimum Gasteiger partial charge on any atom is -0.504 e. The van der Waals surface area contributed by atoms with Gasteiger partial charge in [0.05, 0.1) is 28.2 Å². The second-order valence-electron chi connectivity index (χ2n) is 6.86. The van der Waals surface area contributed by atoms with Crippen molar-refractivity contribution >= 4 is 40.6 Å². The number of fused-ring (bicyclic) bond motifs is 1. The van der Waals surface area contributed by atoms with Crippen LogP contribution in [0, 0.1) is 27.2 Å². The number of halogens is 1. The zero-order chi connectivity index (χ0) is 18.4. The van der Waals surface area contributed by atoms with E-state index in [9.17, 15) is 14.7 Å². The molecule has 7 heteroatoms. The second kappa shape index (κ2) is 6.68. The molecule has 6 nitrogen and oxygen atoms in total. The third-order valence-corrected chi connectivity index (χ3v) is 6.23. The summed E-state index contributed by atoms with van der Waals surface area (Å²) >= 11 is 2.00. The van der Waals surface area contributed by atoms with Gasteiger partial charge in [-0.15, -0.1) is 0 Å². The summed E-state index contributed by atoms with van der Waals surface area (Å²) in [5, 5.41) is 15.2. The fourth-order valence-corrected chi connectivity index (χ4v) is 4.86. The number of rotatable bonds is 4. The summed E-state index contributed by atoms with van der Waals surface area (Å²) in [5.41, 5.74) is 0.659. The van der Waals surface area contributed by atoms with Crippen LogP contribution in [0.2, 0.25) is 0 Å². The number of nitrogens with zero attached hydrogens (tertiary/aromatic N) is 2. The van der Waals surface area contributed by atoms with Crippen LogP contribution in [0.3, 0.4) is 0 Å². The van der Waals surface area contributed by atoms with Gasteiger partial charge in [-0.1, -0.05) is 12.2 Å². The summed E-state index contributed by atoms with van der Waals surface area (Å²) in [7, 11) is 0. The Morgan fingerprint density at radius 1 is 1.23 bits per heavy atom. The number of imide groups is 1. The Hall–Kier alpha value is -1.90. The highest BCUT2D eigenvalue weighted by Crippen LogP contribution is 2.49. The summed E-state index contributed by atoms with van der Waals surface area (Å²) in [6.07, 6.45) is 7.58. The Morgan fingerprint density at radius 2 is 1.85 bits per heavy atom. The SMILES string of the molecule is CCOc1cc(C=NN2C(=O)C3C4C=CC(CC4)C3C2=O)cc(I)c1O. The van der Waals surface area contributed by atoms with Gasteiger partial charge in [0.15, 0.2) is 11.5 Å². The monoisotopic (exact) mass is 466 g/mol. The number of hydrogen-bond acceptors (Lipinski definition) is 5. The molecule has 1 aliphatic heterocycles. The molecule has 1 saturated carbocycles. The number of benzene rings is 1. The van der Waals surface area contributed by atoms with Gasteiger partial charge in [0.1, 0.15) is 0 Å². The first-order valence-corrected chi connectivity index (χ1v) is 9.84. The predicted molar refractivity (Wildman–Crippen MR) is 104 cm³/mol. The van der Waals surface area contributed by atoms with Crippen molar-refractivity contribution in [1.29, 1.82) is 0 Å². The predicted octanol–water partition coefficient (Wildman–Crippen LogP) is 2.93. The Morgan fingerprint density at radius 3 is 2.38 bits per heavy atom. The number of phenolic OH excluding ortho intramolecular Hbond substituents is 1. The smallest absolute Gasteiger partial charge is 0.254 e. The zero-order valence-corrected chi connectivity index (χ0v) is 16.4. The molecule has 2 bridgehead atoms. The molecule has 1 aromatic carbocycles. The molecule has 4 atom stereocenters. The highest BCUT2D eigenvalue weighted by Gasteiger charge is 2.56. The van der Waals surface area contributed by atoms with Gasteiger partial charge in [0, 0.05) is 0 Å². The number of hydrazone groups is 1. The average molecular weight is 466 g/mol. The molecule has 2 fully saturated rings. The van der Waals surface area contributed by atoms with E-state index in [0.29, 0.717) is 21.5 Å². The van der Waals surface area contributed by atoms with Gasteiger partial charge in [-0.05, 0) is 71.9 Å². The van der Waals surface area contributed by atoms with Gasteiger partial charge in [-0.2, -0.15) is 10.1 Å². The maximum Gasteiger partial charge on any atom is 0.254 e. The average Bonchev–Trinajstić information content (AvgIpc) is 2.91. The van der Waals surface area contributed by atoms with Crippen molar-refractivity contribution in [1.82, 2.24) is 5.01 Å². The second-order valence-corrected chi connectivity index (χ2v) is 8.02. The maximum absolute atomic E-state index is 12.7. The Labute approximate surface area is 165 Å². The number of carbonyl (C=O) groups excluding carboxylic acids is 2. The van der Waals surface area contributed by atoms with Crippen LogP contribution in [-0.2, 0) is 9.59 Å². The molecular weight excluding hydrogens is 447 g/mol. The maximum atomic E-state index is 12.7. The van der Waals surface area contributed by atoms with Crippen LogP contribution < -0.4 is 4.74 Å². The standard InChI is InChI=1S/C19H19IN2O4/c1-2-26-14-8-10(7-13(20)17(14)23)9-21-22-18(24)15-11-3-4-12(6-5-11)16(15)19(22)25/h3-4,7-9,11-12,15-16,23H,2,5-6H2,1H3. The molecule has 4 unspecified atom stereocenters. The Balaban J connectivity index is 1.60. The van der Waals surface area contributed by atoms with Crippen LogP contribution in [0.1, 0.15) is 25.3 Å². The molecule has 0 aromatic heterocycles. The van der Waals surface area contributed by atoms with Crippen LogP contribution in [0.25, 0.3) is 0 Å². The number of hydrogen-bond donors (Lipinski definition) is 1. The molecular formula is C19H19IN2O4. The van der Waals surface area contributed by atoms with Gasteiger partial charge in [-0.25, -0.2) is 0 Å². The summed E-state index contributed by atoms with van der Waals surface area (Å²) in [4.78, 5) is 25.5. The summed E-state index contributed by atoms with van der Waals surface area (Å²) in [5.74, 6) is -0.184. The van der Waals surface area contributed by atoms with Gasteiger partial charge < -0.3 is 9.84 Å². The molecule has 136 valence electrons. The van der Waals surface area contributed by atoms with Crippen LogP contribution in [-0.4, -0.2) is 34.8 Å². The quantitative estimate of drug-likeness (QED) is 0.321. The van der Waals surface area contributed by atoms with Crippen molar-refractivity contribution in [3.05, 3.63) is 33.4 Å². The van der Waals surface area contributed by atoms with Crippen LogP contribution in [0.4, 0.5) is 0 Å². The van der Waals surface area contributed by atoms with E-state index in [1.165, 1.54) is 6.21 Å². The van der Waals surface area contributed by atoms with E-state index >= 15 is 0 Å². The topological polar surface area (TPSA) is 79.2 Å². The Bertz CT molecular complexity index is 803. The molecule has 1 aromatic rings. The zero-order valence-electron chi connectivity index (χ0n) is 14.3. The van der Waals surface area contributed by atoms with Crippen molar-refractivity contribution in [2.24, 2.45) is 28.8 Å². The van der Waals surface area contributed by atoms with Crippen molar-refractivity contribution in [3.8, 4) is 11.5 Å². The summed E-state index contributed by atoms with van der Waals surface area (Å²) in [6, 6.07) is 3.37. The lowest BCUT2D eigenvalue weighted by Gasteiger charge is -2.37. The largest absolute Gasteiger partial charge is 0.504 e. The molecule has 0 spiro atoms. The summed E-state index contributed by atoms with van der Waals surface area (Å²) < 4.78 is 6.03. The third-order valence-electron chi connectivity index (χ3n) is 5.41. The van der Waals surface area contributed by atoms with E-state index in [2.05, 4.69) is 17.3 Å². The van der Waals surface area contributed by atoms with Crippen molar-refractivity contribution < 1.29 is 19.4 Å². The first kappa shape index (κ1) is 17.5. The van der Waals surface area contributed by atoms with Gasteiger partial charge in [0.25, 0.3) is 11.8 Å². The van der Waals surface area contributed by atoms with Crippen molar-refractivity contribution in [3.63, 3.8) is 0 Å². The van der Waals surface area contributed by atoms with E-state index in [-0.39, 0.29) is 41.2 Å². The molecule has 0 radical (unpaired) electrons. The van der Waals surface area contributed by atoms with E-state index < -0.39 is 0 Å². The lowest BCUT2D eigenvalue weighted by Crippen LogP contribution is -2.38. The number of amides is 2. The number of allylic oxidation sites excluding steroid dienone is 2. The molecule has 26 heavy (non-hydrogen) atoms. The minimum absolute atomic E-state index is 0.0756. The molecule has 1 heterocycles. The fraction of sp³-hybridized carbons (Fsp3) is 0.421. The normalized spacial score (nSPS) is 29.7. The van der Waals surface area contributed by atoms with E-state index in [1.807, 2.05) is 29.5 Å². The van der Waals surface area contributed by atoms with Gasteiger partial charge in [-0.3, -0.25) is 9.59 Å². The van der Waals surface area contributed by atoms with Crippen LogP contribution >= 0.6 is 22.6 Å². The molecule has 1 saturated heterocycles. The van der Waals surface area contributed by atoms with Gasteiger partial charge >= 0.3 is 0 Å². The van der Waals surface area contributed by atoms with E-state index in [1.54, 1.807) is 12.1 Å². The van der Waals surface area contributed by atoms with Gasteiger partial charge in [0.2, 0.25) is 0 Å². The summed E-state index contributed by atoms with van der Waals surface area (Å²) in [6.45, 7) is 2.26. The molecule has 2 amide bonds. The van der Waals surface area contributed by atoms with Crippen molar-refractivity contribution in [2.75, 3.05) is 6.61 Å². The Kier molecular flexibility index (Phi) is 4.50. The number of aromatic hydroxyl groups is 1. The first-order chi connectivity index (χ1) is 12.5. The highest BCUT2D eigenvalue weighted by molar-refractivity contribution is 14.1. The lowest BCUT2D eigenvalue weighted by molar-refractivity contribution is -0.140. The number of phenols is 1. The fourth-order valence-electron chi connectivity index (χ4n) is 4.23. The minimum atomic E-state index is -0.262. The number of carbonyl (C=O) groups is 2.